The molecule has 0 aliphatic heterocycles. The third kappa shape index (κ3) is 3.26. The molecule has 5 nitrogen and oxygen atoms in total. The van der Waals surface area contributed by atoms with E-state index in [1.165, 1.54) is 11.8 Å². The number of aromatic nitrogens is 2. The number of nitrogens with zero attached hydrogens (tertiary/aromatic N) is 3. The number of para-hydroxylation sites is 1. The lowest BCUT2D eigenvalue weighted by molar-refractivity contribution is 0.414. The lowest BCUT2D eigenvalue weighted by Gasteiger charge is -2.12. The number of fused-ring (bicyclic) bond motifs is 1. The Morgan fingerprint density at radius 1 is 1.21 bits per heavy atom. The summed E-state index contributed by atoms with van der Waals surface area (Å²) < 4.78 is 6.77. The van der Waals surface area contributed by atoms with Gasteiger partial charge in [0.1, 0.15) is 5.75 Å². The van der Waals surface area contributed by atoms with Gasteiger partial charge in [0.25, 0.3) is 5.56 Å². The van der Waals surface area contributed by atoms with Crippen LogP contribution in [-0.4, -0.2) is 22.4 Å². The monoisotopic (exact) mass is 337 g/mol. The quantitative estimate of drug-likeness (QED) is 0.529. The van der Waals surface area contributed by atoms with E-state index in [1.54, 1.807) is 17.7 Å². The molecule has 0 amide bonds. The van der Waals surface area contributed by atoms with Gasteiger partial charge < -0.3 is 4.74 Å². The predicted molar refractivity (Wildman–Crippen MR) is 94.4 cm³/mol. The standard InChI is InChI=1S/C18H15N3O2S/c1-23-14-8-6-13(7-9-14)12-21-17(22)15-4-2-3-5-16(15)20-18(21)24-11-10-19/h2-9H,11-12H2,1H3. The van der Waals surface area contributed by atoms with Crippen LogP contribution >= 0.6 is 11.8 Å². The minimum Gasteiger partial charge on any atom is -0.497 e. The van der Waals surface area contributed by atoms with Crippen molar-refractivity contribution >= 4 is 22.7 Å². The van der Waals surface area contributed by atoms with Gasteiger partial charge in [0.15, 0.2) is 5.16 Å². The van der Waals surface area contributed by atoms with Crippen LogP contribution in [0.25, 0.3) is 10.9 Å². The number of ether oxygens (including phenoxy) is 1. The van der Waals surface area contributed by atoms with Crippen molar-refractivity contribution in [2.45, 2.75) is 11.7 Å². The molecule has 0 aliphatic rings. The highest BCUT2D eigenvalue weighted by Crippen LogP contribution is 2.19. The van der Waals surface area contributed by atoms with Crippen LogP contribution in [0.4, 0.5) is 0 Å². The first-order chi connectivity index (χ1) is 11.7. The van der Waals surface area contributed by atoms with E-state index in [9.17, 15) is 4.79 Å². The van der Waals surface area contributed by atoms with Crippen LogP contribution in [0.1, 0.15) is 5.56 Å². The number of hydrogen-bond donors (Lipinski definition) is 0. The number of methoxy groups -OCH3 is 1. The highest BCUT2D eigenvalue weighted by atomic mass is 32.2. The fraction of sp³-hybridized carbons (Fsp3) is 0.167. The molecular weight excluding hydrogens is 322 g/mol. The molecule has 6 heteroatoms. The van der Waals surface area contributed by atoms with E-state index in [2.05, 4.69) is 11.1 Å². The number of nitriles is 1. The molecular formula is C18H15N3O2S. The van der Waals surface area contributed by atoms with E-state index in [4.69, 9.17) is 10.00 Å². The van der Waals surface area contributed by atoms with Crippen LogP contribution < -0.4 is 10.3 Å². The van der Waals surface area contributed by atoms with E-state index in [0.717, 1.165) is 11.3 Å². The van der Waals surface area contributed by atoms with Gasteiger partial charge in [-0.1, -0.05) is 36.0 Å². The Labute approximate surface area is 143 Å². The summed E-state index contributed by atoms with van der Waals surface area (Å²) in [4.78, 5) is 17.4. The van der Waals surface area contributed by atoms with E-state index in [1.807, 2.05) is 42.5 Å². The maximum atomic E-state index is 12.8. The smallest absolute Gasteiger partial charge is 0.262 e. The van der Waals surface area contributed by atoms with Crippen molar-refractivity contribution in [1.82, 2.24) is 9.55 Å². The van der Waals surface area contributed by atoms with E-state index >= 15 is 0 Å². The third-order valence-electron chi connectivity index (χ3n) is 3.59. The first-order valence-electron chi connectivity index (χ1n) is 7.35. The number of hydrogen-bond acceptors (Lipinski definition) is 5. The first kappa shape index (κ1) is 16.1. The molecule has 0 atom stereocenters. The molecule has 2 aromatic carbocycles. The lowest BCUT2D eigenvalue weighted by Crippen LogP contribution is -2.24. The Hall–Kier alpha value is -2.78. The van der Waals surface area contributed by atoms with Crippen LogP contribution in [-0.2, 0) is 6.54 Å². The van der Waals surface area contributed by atoms with Gasteiger partial charge in [0.2, 0.25) is 0 Å². The van der Waals surface area contributed by atoms with Gasteiger partial charge in [-0.25, -0.2) is 4.98 Å². The van der Waals surface area contributed by atoms with Gasteiger partial charge in [-0.2, -0.15) is 5.26 Å². The molecule has 0 spiro atoms. The zero-order chi connectivity index (χ0) is 16.9. The summed E-state index contributed by atoms with van der Waals surface area (Å²) >= 11 is 1.27. The maximum absolute atomic E-state index is 12.8. The van der Waals surface area contributed by atoms with Crippen LogP contribution in [0.3, 0.4) is 0 Å². The Kier molecular flexibility index (Phi) is 4.82. The molecule has 1 aromatic heterocycles. The summed E-state index contributed by atoms with van der Waals surface area (Å²) in [5.41, 5.74) is 1.51. The minimum absolute atomic E-state index is 0.100. The van der Waals surface area contributed by atoms with Crippen LogP contribution in [0.15, 0.2) is 58.5 Å². The highest BCUT2D eigenvalue weighted by Gasteiger charge is 2.12. The molecule has 0 fully saturated rings. The van der Waals surface area contributed by atoms with Crippen molar-refractivity contribution < 1.29 is 4.74 Å². The average Bonchev–Trinajstić information content (AvgIpc) is 2.63. The van der Waals surface area contributed by atoms with Crippen LogP contribution in [0.2, 0.25) is 0 Å². The van der Waals surface area contributed by atoms with Crippen molar-refractivity contribution in [3.05, 3.63) is 64.4 Å². The summed E-state index contributed by atoms with van der Waals surface area (Å²) in [6.45, 7) is 0.397. The summed E-state index contributed by atoms with van der Waals surface area (Å²) in [5, 5.41) is 9.98. The number of benzene rings is 2. The zero-order valence-electron chi connectivity index (χ0n) is 13.1. The van der Waals surface area contributed by atoms with Gasteiger partial charge in [-0.05, 0) is 29.8 Å². The Balaban J connectivity index is 2.07. The molecule has 24 heavy (non-hydrogen) atoms. The predicted octanol–water partition coefficient (Wildman–Crippen LogP) is 3.07. The lowest BCUT2D eigenvalue weighted by atomic mass is 10.2. The van der Waals surface area contributed by atoms with Crippen molar-refractivity contribution in [3.8, 4) is 11.8 Å². The number of rotatable bonds is 5. The van der Waals surface area contributed by atoms with Gasteiger partial charge in [-0.15, -0.1) is 0 Å². The van der Waals surface area contributed by atoms with E-state index in [0.29, 0.717) is 22.6 Å². The molecule has 3 rings (SSSR count). The van der Waals surface area contributed by atoms with Crippen molar-refractivity contribution in [2.75, 3.05) is 12.9 Å². The topological polar surface area (TPSA) is 67.9 Å². The largest absolute Gasteiger partial charge is 0.497 e. The highest BCUT2D eigenvalue weighted by molar-refractivity contribution is 7.99. The molecule has 0 radical (unpaired) electrons. The van der Waals surface area contributed by atoms with Gasteiger partial charge in [-0.3, -0.25) is 9.36 Å². The molecule has 0 unspecified atom stereocenters. The molecule has 0 bridgehead atoms. The van der Waals surface area contributed by atoms with Gasteiger partial charge >= 0.3 is 0 Å². The second kappa shape index (κ2) is 7.20. The molecule has 3 aromatic rings. The van der Waals surface area contributed by atoms with Gasteiger partial charge in [0, 0.05) is 0 Å². The first-order valence-corrected chi connectivity index (χ1v) is 8.33. The Morgan fingerprint density at radius 2 is 1.96 bits per heavy atom. The normalized spacial score (nSPS) is 10.5. The van der Waals surface area contributed by atoms with Crippen molar-refractivity contribution in [1.29, 1.82) is 5.26 Å². The van der Waals surface area contributed by atoms with E-state index in [-0.39, 0.29) is 11.3 Å². The second-order valence-corrected chi connectivity index (χ2v) is 6.04. The SMILES string of the molecule is COc1ccc(Cn2c(SCC#N)nc3ccccc3c2=O)cc1. The fourth-order valence-corrected chi connectivity index (χ4v) is 3.07. The summed E-state index contributed by atoms with van der Waals surface area (Å²) in [7, 11) is 1.61. The van der Waals surface area contributed by atoms with Crippen molar-refractivity contribution in [2.24, 2.45) is 0 Å². The molecule has 1 heterocycles. The second-order valence-electron chi connectivity index (χ2n) is 5.10. The van der Waals surface area contributed by atoms with Crippen LogP contribution in [0, 0.1) is 11.3 Å². The summed E-state index contributed by atoms with van der Waals surface area (Å²) in [5.74, 6) is 1.01. The molecule has 0 N–H and O–H groups in total. The number of thioether (sulfide) groups is 1. The summed E-state index contributed by atoms with van der Waals surface area (Å²) in [6.07, 6.45) is 0. The zero-order valence-corrected chi connectivity index (χ0v) is 13.9. The average molecular weight is 337 g/mol. The molecule has 120 valence electrons. The van der Waals surface area contributed by atoms with Crippen molar-refractivity contribution in [3.63, 3.8) is 0 Å². The maximum Gasteiger partial charge on any atom is 0.262 e. The Bertz CT molecular complexity index is 959. The van der Waals surface area contributed by atoms with E-state index < -0.39 is 0 Å². The third-order valence-corrected chi connectivity index (χ3v) is 4.44. The fourth-order valence-electron chi connectivity index (χ4n) is 2.41. The van der Waals surface area contributed by atoms with Crippen LogP contribution in [0.5, 0.6) is 5.75 Å². The minimum atomic E-state index is -0.100. The molecule has 0 aliphatic carbocycles. The summed E-state index contributed by atoms with van der Waals surface area (Å²) in [6, 6.07) is 16.9. The van der Waals surface area contributed by atoms with Gasteiger partial charge in [0.05, 0.1) is 36.4 Å². The Morgan fingerprint density at radius 3 is 2.67 bits per heavy atom. The molecule has 0 saturated heterocycles. The molecule has 0 saturated carbocycles.